The predicted octanol–water partition coefficient (Wildman–Crippen LogP) is 4.13. The Balaban J connectivity index is 1.89. The molecule has 1 unspecified atom stereocenters. The van der Waals surface area contributed by atoms with Gasteiger partial charge in [-0.25, -0.2) is 9.59 Å². The van der Waals surface area contributed by atoms with E-state index in [9.17, 15) is 14.4 Å². The van der Waals surface area contributed by atoms with E-state index in [4.69, 9.17) is 4.74 Å². The van der Waals surface area contributed by atoms with Crippen molar-refractivity contribution in [2.75, 3.05) is 19.0 Å². The van der Waals surface area contributed by atoms with Gasteiger partial charge in [0.25, 0.3) is 0 Å². The van der Waals surface area contributed by atoms with Gasteiger partial charge in [-0.1, -0.05) is 38.3 Å². The number of hydrogen-bond acceptors (Lipinski definition) is 4. The summed E-state index contributed by atoms with van der Waals surface area (Å²) in [6, 6.07) is 6.43. The highest BCUT2D eigenvalue weighted by Gasteiger charge is 2.36. The standard InChI is InChI=1S/C23H31N3O4/c1-4-5-13-26-15(2)19(22(28)30-3)20(25-23(26)29)17-11-8-12-18(14-17)24-21(27)16-9-6-7-10-16/h8,11-12,14,16,20H,4-7,9-10,13H2,1-3H3,(H,24,27)(H,25,29). The quantitative estimate of drug-likeness (QED) is 0.658. The molecule has 0 radical (unpaired) electrons. The molecule has 1 aromatic rings. The topological polar surface area (TPSA) is 87.7 Å². The van der Waals surface area contributed by atoms with Gasteiger partial charge in [0.15, 0.2) is 0 Å². The summed E-state index contributed by atoms with van der Waals surface area (Å²) in [6.07, 6.45) is 5.81. The van der Waals surface area contributed by atoms with Crippen LogP contribution in [0.25, 0.3) is 0 Å². The summed E-state index contributed by atoms with van der Waals surface area (Å²) in [7, 11) is 1.34. The van der Waals surface area contributed by atoms with Crippen molar-refractivity contribution in [1.82, 2.24) is 10.2 Å². The second kappa shape index (κ2) is 9.78. The molecular weight excluding hydrogens is 382 g/mol. The Morgan fingerprint density at radius 1 is 1.27 bits per heavy atom. The summed E-state index contributed by atoms with van der Waals surface area (Å²) in [5.41, 5.74) is 2.40. The molecule has 1 aliphatic carbocycles. The van der Waals surface area contributed by atoms with Gasteiger partial charge in [0.1, 0.15) is 0 Å². The molecule has 1 aromatic carbocycles. The number of carbonyl (C=O) groups is 3. The summed E-state index contributed by atoms with van der Waals surface area (Å²) in [5.74, 6) is -0.384. The zero-order valence-corrected chi connectivity index (χ0v) is 18.0. The van der Waals surface area contributed by atoms with Gasteiger partial charge in [0.05, 0.1) is 18.7 Å². The number of urea groups is 1. The lowest BCUT2D eigenvalue weighted by atomic mass is 9.94. The Hall–Kier alpha value is -2.83. The maximum atomic E-state index is 12.7. The van der Waals surface area contributed by atoms with Crippen LogP contribution in [-0.2, 0) is 14.3 Å². The highest BCUT2D eigenvalue weighted by atomic mass is 16.5. The Kier molecular flexibility index (Phi) is 7.13. The monoisotopic (exact) mass is 413 g/mol. The summed E-state index contributed by atoms with van der Waals surface area (Å²) in [4.78, 5) is 39.4. The van der Waals surface area contributed by atoms with E-state index in [1.54, 1.807) is 11.8 Å². The van der Waals surface area contributed by atoms with Gasteiger partial charge in [-0.3, -0.25) is 9.69 Å². The van der Waals surface area contributed by atoms with E-state index in [1.807, 2.05) is 24.3 Å². The van der Waals surface area contributed by atoms with E-state index in [2.05, 4.69) is 17.6 Å². The number of allylic oxidation sites excluding steroid dienone is 1. The molecule has 1 aliphatic heterocycles. The van der Waals surface area contributed by atoms with Gasteiger partial charge in [0.2, 0.25) is 5.91 Å². The normalized spacial score (nSPS) is 19.6. The third-order valence-electron chi connectivity index (χ3n) is 5.95. The van der Waals surface area contributed by atoms with E-state index >= 15 is 0 Å². The van der Waals surface area contributed by atoms with Crippen molar-refractivity contribution in [1.29, 1.82) is 0 Å². The Bertz CT molecular complexity index is 843. The number of hydrogen-bond donors (Lipinski definition) is 2. The fraction of sp³-hybridized carbons (Fsp3) is 0.522. The van der Waals surface area contributed by atoms with E-state index in [1.165, 1.54) is 7.11 Å². The van der Waals surface area contributed by atoms with Crippen molar-refractivity contribution in [2.24, 2.45) is 5.92 Å². The first kappa shape index (κ1) is 21.9. The SMILES string of the molecule is CCCCN1C(=O)NC(c2cccc(NC(=O)C3CCCC3)c2)C(C(=O)OC)=C1C. The number of unbranched alkanes of at least 4 members (excludes halogenated alkanes) is 1. The molecule has 0 spiro atoms. The fourth-order valence-corrected chi connectivity index (χ4v) is 4.22. The van der Waals surface area contributed by atoms with Crippen LogP contribution >= 0.6 is 0 Å². The molecule has 7 nitrogen and oxygen atoms in total. The molecule has 30 heavy (non-hydrogen) atoms. The number of anilines is 1. The number of esters is 1. The number of ether oxygens (including phenoxy) is 1. The number of nitrogens with zero attached hydrogens (tertiary/aromatic N) is 1. The maximum Gasteiger partial charge on any atom is 0.337 e. The molecule has 0 bridgehead atoms. The third-order valence-corrected chi connectivity index (χ3v) is 5.95. The van der Waals surface area contributed by atoms with Crippen LogP contribution in [0.2, 0.25) is 0 Å². The highest BCUT2D eigenvalue weighted by Crippen LogP contribution is 2.33. The summed E-state index contributed by atoms with van der Waals surface area (Å²) in [5, 5.41) is 5.92. The molecule has 2 N–H and O–H groups in total. The van der Waals surface area contributed by atoms with Crippen LogP contribution in [0.1, 0.15) is 64.0 Å². The molecule has 0 saturated heterocycles. The van der Waals surface area contributed by atoms with Crippen LogP contribution in [0.4, 0.5) is 10.5 Å². The van der Waals surface area contributed by atoms with Crippen molar-refractivity contribution < 1.29 is 19.1 Å². The largest absolute Gasteiger partial charge is 0.466 e. The van der Waals surface area contributed by atoms with Gasteiger partial charge in [-0.2, -0.15) is 0 Å². The molecule has 7 heteroatoms. The molecular formula is C23H31N3O4. The minimum atomic E-state index is -0.633. The number of benzene rings is 1. The van der Waals surface area contributed by atoms with Crippen LogP contribution in [0.3, 0.4) is 0 Å². The molecule has 1 atom stereocenters. The third kappa shape index (κ3) is 4.66. The Morgan fingerprint density at radius 3 is 2.67 bits per heavy atom. The van der Waals surface area contributed by atoms with Crippen LogP contribution in [-0.4, -0.2) is 36.5 Å². The molecule has 2 aliphatic rings. The first-order valence-electron chi connectivity index (χ1n) is 10.7. The lowest BCUT2D eigenvalue weighted by Crippen LogP contribution is -2.48. The van der Waals surface area contributed by atoms with E-state index in [0.29, 0.717) is 23.5 Å². The molecule has 1 fully saturated rings. The molecule has 162 valence electrons. The van der Waals surface area contributed by atoms with E-state index < -0.39 is 12.0 Å². The summed E-state index contributed by atoms with van der Waals surface area (Å²) < 4.78 is 5.02. The first-order valence-corrected chi connectivity index (χ1v) is 10.7. The minimum Gasteiger partial charge on any atom is -0.466 e. The van der Waals surface area contributed by atoms with Gasteiger partial charge in [-0.05, 0) is 43.9 Å². The maximum absolute atomic E-state index is 12.7. The van der Waals surface area contributed by atoms with Gasteiger partial charge >= 0.3 is 12.0 Å². The van der Waals surface area contributed by atoms with Crippen molar-refractivity contribution in [2.45, 2.75) is 58.4 Å². The predicted molar refractivity (Wildman–Crippen MR) is 115 cm³/mol. The zero-order valence-electron chi connectivity index (χ0n) is 18.0. The second-order valence-corrected chi connectivity index (χ2v) is 7.97. The molecule has 1 heterocycles. The average Bonchev–Trinajstić information content (AvgIpc) is 3.28. The molecule has 0 aromatic heterocycles. The number of carbonyl (C=O) groups excluding carboxylic acids is 3. The van der Waals surface area contributed by atoms with E-state index in [0.717, 1.165) is 44.1 Å². The van der Waals surface area contributed by atoms with E-state index in [-0.39, 0.29) is 17.9 Å². The average molecular weight is 414 g/mol. The van der Waals surface area contributed by atoms with Crippen molar-refractivity contribution >= 4 is 23.6 Å². The second-order valence-electron chi connectivity index (χ2n) is 7.97. The number of methoxy groups -OCH3 is 1. The highest BCUT2D eigenvalue weighted by molar-refractivity contribution is 5.95. The number of nitrogens with one attached hydrogen (secondary N) is 2. The van der Waals surface area contributed by atoms with Crippen LogP contribution in [0, 0.1) is 5.92 Å². The van der Waals surface area contributed by atoms with Crippen LogP contribution < -0.4 is 10.6 Å². The summed E-state index contributed by atoms with van der Waals surface area (Å²) >= 11 is 0. The van der Waals surface area contributed by atoms with Crippen molar-refractivity contribution in [3.63, 3.8) is 0 Å². The number of amides is 3. The van der Waals surface area contributed by atoms with Gasteiger partial charge in [0, 0.05) is 23.8 Å². The van der Waals surface area contributed by atoms with Crippen LogP contribution in [0.5, 0.6) is 0 Å². The van der Waals surface area contributed by atoms with Crippen molar-refractivity contribution in [3.8, 4) is 0 Å². The van der Waals surface area contributed by atoms with Gasteiger partial charge < -0.3 is 15.4 Å². The lowest BCUT2D eigenvalue weighted by molar-refractivity contribution is -0.136. The van der Waals surface area contributed by atoms with Crippen LogP contribution in [0.15, 0.2) is 35.5 Å². The Labute approximate surface area is 177 Å². The first-order chi connectivity index (χ1) is 14.5. The smallest absolute Gasteiger partial charge is 0.337 e. The fourth-order valence-electron chi connectivity index (χ4n) is 4.22. The molecule has 3 amide bonds. The minimum absolute atomic E-state index is 0.0305. The number of rotatable bonds is 7. The lowest BCUT2D eigenvalue weighted by Gasteiger charge is -2.35. The van der Waals surface area contributed by atoms with Gasteiger partial charge in [-0.15, -0.1) is 0 Å². The molecule has 3 rings (SSSR count). The van der Waals surface area contributed by atoms with Crippen molar-refractivity contribution in [3.05, 3.63) is 41.1 Å². The Morgan fingerprint density at radius 2 is 2.00 bits per heavy atom. The zero-order chi connectivity index (χ0) is 21.7. The molecule has 1 saturated carbocycles. The summed E-state index contributed by atoms with van der Waals surface area (Å²) in [6.45, 7) is 4.37.